The van der Waals surface area contributed by atoms with Crippen LogP contribution in [0.4, 0.5) is 5.69 Å². The largest absolute Gasteiger partial charge is 0.484 e. The maximum atomic E-state index is 11.6. The molecule has 0 spiro atoms. The fourth-order valence-corrected chi connectivity index (χ4v) is 1.68. The lowest BCUT2D eigenvalue weighted by Crippen LogP contribution is -2.28. The van der Waals surface area contributed by atoms with E-state index in [-0.39, 0.29) is 18.4 Å². The summed E-state index contributed by atoms with van der Waals surface area (Å²) in [5.41, 5.74) is 0.717. The van der Waals surface area contributed by atoms with Gasteiger partial charge in [-0.1, -0.05) is 0 Å². The SMILES string of the molecule is CCNC(=O)COc1ccc(NC(=O)CCCNC)cc1. The molecule has 0 bridgehead atoms. The van der Waals surface area contributed by atoms with Crippen LogP contribution in [0.3, 0.4) is 0 Å². The molecule has 0 saturated carbocycles. The average molecular weight is 293 g/mol. The van der Waals surface area contributed by atoms with Crippen LogP contribution in [0.1, 0.15) is 19.8 Å². The molecule has 0 aliphatic heterocycles. The van der Waals surface area contributed by atoms with E-state index in [1.165, 1.54) is 0 Å². The normalized spacial score (nSPS) is 10.0. The van der Waals surface area contributed by atoms with Crippen molar-refractivity contribution >= 4 is 17.5 Å². The van der Waals surface area contributed by atoms with Crippen molar-refractivity contribution in [2.24, 2.45) is 0 Å². The van der Waals surface area contributed by atoms with Gasteiger partial charge in [0.1, 0.15) is 5.75 Å². The molecule has 0 heterocycles. The third kappa shape index (κ3) is 7.31. The summed E-state index contributed by atoms with van der Waals surface area (Å²) in [6, 6.07) is 6.96. The van der Waals surface area contributed by atoms with Crippen LogP contribution in [0.5, 0.6) is 5.75 Å². The predicted molar refractivity (Wildman–Crippen MR) is 82.4 cm³/mol. The Hall–Kier alpha value is -2.08. The zero-order valence-electron chi connectivity index (χ0n) is 12.6. The minimum absolute atomic E-state index is 0.0104. The van der Waals surface area contributed by atoms with E-state index < -0.39 is 0 Å². The molecule has 3 N–H and O–H groups in total. The van der Waals surface area contributed by atoms with E-state index in [9.17, 15) is 9.59 Å². The number of ether oxygens (including phenoxy) is 1. The highest BCUT2D eigenvalue weighted by Gasteiger charge is 2.03. The summed E-state index contributed by atoms with van der Waals surface area (Å²) in [6.45, 7) is 3.25. The minimum atomic E-state index is -0.153. The number of hydrogen-bond donors (Lipinski definition) is 3. The first-order valence-electron chi connectivity index (χ1n) is 7.09. The van der Waals surface area contributed by atoms with Gasteiger partial charge in [0.05, 0.1) is 0 Å². The average Bonchev–Trinajstić information content (AvgIpc) is 2.47. The molecule has 21 heavy (non-hydrogen) atoms. The lowest BCUT2D eigenvalue weighted by atomic mass is 10.2. The maximum Gasteiger partial charge on any atom is 0.257 e. The molecule has 6 nitrogen and oxygen atoms in total. The van der Waals surface area contributed by atoms with Crippen molar-refractivity contribution in [3.05, 3.63) is 24.3 Å². The molecule has 1 rings (SSSR count). The van der Waals surface area contributed by atoms with Gasteiger partial charge in [0.15, 0.2) is 6.61 Å². The molecule has 6 heteroatoms. The van der Waals surface area contributed by atoms with Crippen LogP contribution < -0.4 is 20.7 Å². The zero-order valence-corrected chi connectivity index (χ0v) is 12.6. The quantitative estimate of drug-likeness (QED) is 0.597. The van der Waals surface area contributed by atoms with Crippen molar-refractivity contribution < 1.29 is 14.3 Å². The topological polar surface area (TPSA) is 79.5 Å². The van der Waals surface area contributed by atoms with Gasteiger partial charge in [-0.2, -0.15) is 0 Å². The maximum absolute atomic E-state index is 11.6. The zero-order chi connectivity index (χ0) is 15.5. The number of hydrogen-bond acceptors (Lipinski definition) is 4. The number of likely N-dealkylation sites (N-methyl/N-ethyl adjacent to an activating group) is 1. The predicted octanol–water partition coefficient (Wildman–Crippen LogP) is 1.14. The van der Waals surface area contributed by atoms with Gasteiger partial charge in [-0.05, 0) is 51.2 Å². The second-order valence-electron chi connectivity index (χ2n) is 4.52. The van der Waals surface area contributed by atoms with Gasteiger partial charge in [-0.15, -0.1) is 0 Å². The highest BCUT2D eigenvalue weighted by atomic mass is 16.5. The second-order valence-corrected chi connectivity index (χ2v) is 4.52. The third-order valence-electron chi connectivity index (χ3n) is 2.71. The van der Waals surface area contributed by atoms with Crippen LogP contribution in [0.15, 0.2) is 24.3 Å². The molecule has 0 unspecified atom stereocenters. The molecule has 0 aliphatic carbocycles. The van der Waals surface area contributed by atoms with Crippen molar-refractivity contribution in [1.82, 2.24) is 10.6 Å². The monoisotopic (exact) mass is 293 g/mol. The number of carbonyl (C=O) groups is 2. The molecule has 116 valence electrons. The Morgan fingerprint density at radius 2 is 1.86 bits per heavy atom. The summed E-state index contributed by atoms with van der Waals surface area (Å²) < 4.78 is 5.33. The van der Waals surface area contributed by atoms with E-state index in [1.54, 1.807) is 24.3 Å². The van der Waals surface area contributed by atoms with Crippen LogP contribution in [-0.2, 0) is 9.59 Å². The molecule has 0 atom stereocenters. The van der Waals surface area contributed by atoms with Crippen LogP contribution in [-0.4, -0.2) is 38.6 Å². The van der Waals surface area contributed by atoms with E-state index in [0.29, 0.717) is 18.7 Å². The van der Waals surface area contributed by atoms with Crippen LogP contribution in [0.2, 0.25) is 0 Å². The van der Waals surface area contributed by atoms with E-state index in [2.05, 4.69) is 16.0 Å². The van der Waals surface area contributed by atoms with Crippen molar-refractivity contribution in [3.63, 3.8) is 0 Å². The lowest BCUT2D eigenvalue weighted by molar-refractivity contribution is -0.123. The Balaban J connectivity index is 2.36. The van der Waals surface area contributed by atoms with E-state index in [4.69, 9.17) is 4.74 Å². The summed E-state index contributed by atoms with van der Waals surface area (Å²) in [7, 11) is 1.86. The Kier molecular flexibility index (Phi) is 7.89. The fourth-order valence-electron chi connectivity index (χ4n) is 1.68. The molecule has 0 aromatic heterocycles. The Morgan fingerprint density at radius 1 is 1.14 bits per heavy atom. The van der Waals surface area contributed by atoms with Gasteiger partial charge < -0.3 is 20.7 Å². The van der Waals surface area contributed by atoms with Crippen LogP contribution >= 0.6 is 0 Å². The van der Waals surface area contributed by atoms with E-state index in [1.807, 2.05) is 14.0 Å². The first kappa shape index (κ1) is 17.0. The van der Waals surface area contributed by atoms with Crippen molar-refractivity contribution in [1.29, 1.82) is 0 Å². The number of rotatable bonds is 9. The van der Waals surface area contributed by atoms with Gasteiger partial charge in [-0.25, -0.2) is 0 Å². The molecule has 0 saturated heterocycles. The molecular formula is C15H23N3O3. The molecule has 0 aliphatic rings. The molecular weight excluding hydrogens is 270 g/mol. The number of carbonyl (C=O) groups excluding carboxylic acids is 2. The van der Waals surface area contributed by atoms with Gasteiger partial charge in [0, 0.05) is 18.7 Å². The minimum Gasteiger partial charge on any atom is -0.484 e. The van der Waals surface area contributed by atoms with E-state index in [0.717, 1.165) is 18.7 Å². The molecule has 1 aromatic carbocycles. The number of nitrogens with one attached hydrogen (secondary N) is 3. The van der Waals surface area contributed by atoms with Crippen molar-refractivity contribution in [3.8, 4) is 5.75 Å². The molecule has 0 fully saturated rings. The lowest BCUT2D eigenvalue weighted by Gasteiger charge is -2.08. The van der Waals surface area contributed by atoms with Crippen LogP contribution in [0, 0.1) is 0 Å². The first-order chi connectivity index (χ1) is 10.2. The third-order valence-corrected chi connectivity index (χ3v) is 2.71. The van der Waals surface area contributed by atoms with Gasteiger partial charge in [0.2, 0.25) is 5.91 Å². The van der Waals surface area contributed by atoms with Gasteiger partial charge in [0.25, 0.3) is 5.91 Å². The number of benzene rings is 1. The van der Waals surface area contributed by atoms with E-state index >= 15 is 0 Å². The first-order valence-corrected chi connectivity index (χ1v) is 7.09. The Morgan fingerprint density at radius 3 is 2.48 bits per heavy atom. The van der Waals surface area contributed by atoms with Gasteiger partial charge in [-0.3, -0.25) is 9.59 Å². The smallest absolute Gasteiger partial charge is 0.257 e. The second kappa shape index (κ2) is 9.77. The molecule has 2 amide bonds. The van der Waals surface area contributed by atoms with Gasteiger partial charge >= 0.3 is 0 Å². The highest BCUT2D eigenvalue weighted by Crippen LogP contribution is 2.15. The number of amides is 2. The highest BCUT2D eigenvalue weighted by molar-refractivity contribution is 5.90. The number of anilines is 1. The van der Waals surface area contributed by atoms with Crippen molar-refractivity contribution in [2.45, 2.75) is 19.8 Å². The van der Waals surface area contributed by atoms with Crippen LogP contribution in [0.25, 0.3) is 0 Å². The molecule has 1 aromatic rings. The Bertz CT molecular complexity index is 446. The summed E-state index contributed by atoms with van der Waals surface area (Å²) in [5.74, 6) is 0.426. The Labute approximate surface area is 125 Å². The summed E-state index contributed by atoms with van der Waals surface area (Å²) in [4.78, 5) is 22.9. The standard InChI is InChI=1S/C15H23N3O3/c1-3-17-15(20)11-21-13-8-6-12(7-9-13)18-14(19)5-4-10-16-2/h6-9,16H,3-5,10-11H2,1-2H3,(H,17,20)(H,18,19). The summed E-state index contributed by atoms with van der Waals surface area (Å²) in [6.07, 6.45) is 1.28. The summed E-state index contributed by atoms with van der Waals surface area (Å²) >= 11 is 0. The molecule has 0 radical (unpaired) electrons. The van der Waals surface area contributed by atoms with Crippen molar-refractivity contribution in [2.75, 3.05) is 32.1 Å². The fraction of sp³-hybridized carbons (Fsp3) is 0.467. The summed E-state index contributed by atoms with van der Waals surface area (Å²) in [5, 5.41) is 8.46.